The van der Waals surface area contributed by atoms with Gasteiger partial charge in [0, 0.05) is 5.39 Å². The maximum Gasteiger partial charge on any atom is 0.312 e. The number of hydrogen-bond donors (Lipinski definition) is 1. The van der Waals surface area contributed by atoms with Crippen LogP contribution in [-0.2, 0) is 20.7 Å². The summed E-state index contributed by atoms with van der Waals surface area (Å²) in [7, 11) is 0. The second kappa shape index (κ2) is 8.41. The first-order valence-electron chi connectivity index (χ1n) is 8.17. The zero-order valence-corrected chi connectivity index (χ0v) is 15.9. The third-order valence-corrected chi connectivity index (χ3v) is 4.69. The van der Waals surface area contributed by atoms with Gasteiger partial charge in [-0.15, -0.1) is 0 Å². The average molecular weight is 407 g/mol. The van der Waals surface area contributed by atoms with Gasteiger partial charge in [0.1, 0.15) is 5.69 Å². The highest BCUT2D eigenvalue weighted by molar-refractivity contribution is 6.42. The molecule has 1 amide bonds. The van der Waals surface area contributed by atoms with E-state index in [1.807, 2.05) is 12.1 Å². The van der Waals surface area contributed by atoms with Gasteiger partial charge >= 0.3 is 5.97 Å². The van der Waals surface area contributed by atoms with Gasteiger partial charge in [0.05, 0.1) is 22.5 Å². The van der Waals surface area contributed by atoms with E-state index >= 15 is 0 Å². The van der Waals surface area contributed by atoms with Crippen molar-refractivity contribution in [2.45, 2.75) is 19.4 Å². The summed E-state index contributed by atoms with van der Waals surface area (Å²) in [6.45, 7) is 1.40. The van der Waals surface area contributed by atoms with Crippen LogP contribution in [0.4, 0.5) is 0 Å². The Labute approximate surface area is 165 Å². The van der Waals surface area contributed by atoms with Crippen molar-refractivity contribution in [1.82, 2.24) is 10.5 Å². The van der Waals surface area contributed by atoms with Gasteiger partial charge in [-0.25, -0.2) is 0 Å². The molecule has 0 unspecified atom stereocenters. The normalized spacial score (nSPS) is 12.0. The van der Waals surface area contributed by atoms with Gasteiger partial charge in [0.15, 0.2) is 12.2 Å². The van der Waals surface area contributed by atoms with Crippen LogP contribution in [0.5, 0.6) is 0 Å². The number of ether oxygens (including phenoxy) is 1. The van der Waals surface area contributed by atoms with Gasteiger partial charge in [0.2, 0.25) is 0 Å². The lowest BCUT2D eigenvalue weighted by Gasteiger charge is -2.15. The molecular formula is C19H16Cl2N2O4. The number of amides is 1. The zero-order valence-electron chi connectivity index (χ0n) is 14.4. The molecule has 3 aromatic rings. The predicted molar refractivity (Wildman–Crippen MR) is 102 cm³/mol. The van der Waals surface area contributed by atoms with E-state index in [1.165, 1.54) is 0 Å². The number of nitrogens with one attached hydrogen (secondary N) is 1. The van der Waals surface area contributed by atoms with Crippen molar-refractivity contribution < 1.29 is 18.8 Å². The fourth-order valence-electron chi connectivity index (χ4n) is 2.55. The van der Waals surface area contributed by atoms with Crippen molar-refractivity contribution in [3.05, 3.63) is 63.8 Å². The van der Waals surface area contributed by atoms with Crippen LogP contribution in [0.3, 0.4) is 0 Å². The summed E-state index contributed by atoms with van der Waals surface area (Å²) < 4.78 is 10.2. The standard InChI is InChI=1S/C19H16Cl2N2O4/c1-11(12-6-7-14(20)15(21)8-12)22-18(24)10-26-19(25)9-16-13-4-2-3-5-17(13)27-23-16/h2-8,11H,9-10H2,1H3,(H,22,24)/t11-/m1/s1. The topological polar surface area (TPSA) is 81.4 Å². The first kappa shape index (κ1) is 19.2. The maximum absolute atomic E-state index is 12.0. The molecule has 6 nitrogen and oxygen atoms in total. The molecule has 0 radical (unpaired) electrons. The minimum absolute atomic E-state index is 0.0767. The Kier molecular flexibility index (Phi) is 5.98. The van der Waals surface area contributed by atoms with Gasteiger partial charge in [-0.1, -0.05) is 46.6 Å². The van der Waals surface area contributed by atoms with Crippen LogP contribution in [0.2, 0.25) is 10.0 Å². The summed E-state index contributed by atoms with van der Waals surface area (Å²) in [5.74, 6) is -0.988. The van der Waals surface area contributed by atoms with Crippen LogP contribution in [0.15, 0.2) is 47.0 Å². The molecule has 8 heteroatoms. The van der Waals surface area contributed by atoms with Crippen LogP contribution in [-0.4, -0.2) is 23.6 Å². The Morgan fingerprint density at radius 2 is 1.96 bits per heavy atom. The largest absolute Gasteiger partial charge is 0.455 e. The van der Waals surface area contributed by atoms with Crippen LogP contribution in [0, 0.1) is 0 Å². The molecule has 3 rings (SSSR count). The second-order valence-corrected chi connectivity index (χ2v) is 6.74. The molecule has 1 N–H and O–H groups in total. The van der Waals surface area contributed by atoms with Gasteiger partial charge in [-0.3, -0.25) is 9.59 Å². The summed E-state index contributed by atoms with van der Waals surface area (Å²) in [5.41, 5.74) is 1.85. The minimum Gasteiger partial charge on any atom is -0.455 e. The third kappa shape index (κ3) is 4.78. The first-order chi connectivity index (χ1) is 12.9. The van der Waals surface area contributed by atoms with Crippen molar-refractivity contribution in [3.8, 4) is 0 Å². The number of nitrogens with zero attached hydrogens (tertiary/aromatic N) is 1. The van der Waals surface area contributed by atoms with E-state index in [-0.39, 0.29) is 19.1 Å². The molecule has 0 aliphatic rings. The number of esters is 1. The molecule has 1 aromatic heterocycles. The number of aromatic nitrogens is 1. The highest BCUT2D eigenvalue weighted by atomic mass is 35.5. The van der Waals surface area contributed by atoms with Crippen LogP contribution < -0.4 is 5.32 Å². The van der Waals surface area contributed by atoms with Gasteiger partial charge in [-0.2, -0.15) is 0 Å². The average Bonchev–Trinajstić information content (AvgIpc) is 3.05. The van der Waals surface area contributed by atoms with Crippen molar-refractivity contribution in [3.63, 3.8) is 0 Å². The van der Waals surface area contributed by atoms with E-state index < -0.39 is 11.9 Å². The maximum atomic E-state index is 12.0. The number of benzene rings is 2. The highest BCUT2D eigenvalue weighted by Gasteiger charge is 2.16. The number of halogens is 2. The molecule has 0 fully saturated rings. The second-order valence-electron chi connectivity index (χ2n) is 5.93. The number of carbonyl (C=O) groups is 2. The van der Waals surface area contributed by atoms with Crippen molar-refractivity contribution in [1.29, 1.82) is 0 Å². The number of fused-ring (bicyclic) bond motifs is 1. The molecule has 1 atom stereocenters. The van der Waals surface area contributed by atoms with Crippen molar-refractivity contribution in [2.75, 3.05) is 6.61 Å². The summed E-state index contributed by atoms with van der Waals surface area (Å²) in [6, 6.07) is 12.0. The van der Waals surface area contributed by atoms with E-state index in [0.29, 0.717) is 21.3 Å². The fraction of sp³-hybridized carbons (Fsp3) is 0.211. The molecule has 0 spiro atoms. The number of carbonyl (C=O) groups excluding carboxylic acids is 2. The lowest BCUT2D eigenvalue weighted by atomic mass is 10.1. The predicted octanol–water partition coefficient (Wildman–Crippen LogP) is 4.10. The summed E-state index contributed by atoms with van der Waals surface area (Å²) in [6.07, 6.45) is -0.0767. The molecule has 0 aliphatic carbocycles. The monoisotopic (exact) mass is 406 g/mol. The smallest absolute Gasteiger partial charge is 0.312 e. The highest BCUT2D eigenvalue weighted by Crippen LogP contribution is 2.25. The Hall–Kier alpha value is -2.57. The number of rotatable bonds is 6. The van der Waals surface area contributed by atoms with Gasteiger partial charge in [-0.05, 0) is 36.8 Å². The summed E-state index contributed by atoms with van der Waals surface area (Å²) in [5, 5.41) is 8.19. The van der Waals surface area contributed by atoms with Crippen LogP contribution in [0.25, 0.3) is 11.0 Å². The Morgan fingerprint density at radius 3 is 2.74 bits per heavy atom. The Bertz CT molecular complexity index is 987. The molecule has 0 saturated carbocycles. The molecular weight excluding hydrogens is 391 g/mol. The number of para-hydroxylation sites is 1. The van der Waals surface area contributed by atoms with Crippen LogP contribution >= 0.6 is 23.2 Å². The number of hydrogen-bond acceptors (Lipinski definition) is 5. The third-order valence-electron chi connectivity index (χ3n) is 3.95. The Morgan fingerprint density at radius 1 is 1.19 bits per heavy atom. The first-order valence-corrected chi connectivity index (χ1v) is 8.93. The zero-order chi connectivity index (χ0) is 19.4. The van der Waals surface area contributed by atoms with Gasteiger partial charge in [0.25, 0.3) is 5.91 Å². The van der Waals surface area contributed by atoms with Crippen molar-refractivity contribution in [2.24, 2.45) is 0 Å². The lowest BCUT2D eigenvalue weighted by Crippen LogP contribution is -2.31. The van der Waals surface area contributed by atoms with Crippen LogP contribution in [0.1, 0.15) is 24.2 Å². The SMILES string of the molecule is C[C@@H](NC(=O)COC(=O)Cc1noc2ccccc12)c1ccc(Cl)c(Cl)c1. The Balaban J connectivity index is 1.51. The lowest BCUT2D eigenvalue weighted by molar-refractivity contribution is -0.148. The fourth-order valence-corrected chi connectivity index (χ4v) is 2.85. The summed E-state index contributed by atoms with van der Waals surface area (Å²) >= 11 is 11.9. The van der Waals surface area contributed by atoms with Crippen molar-refractivity contribution >= 4 is 46.0 Å². The molecule has 27 heavy (non-hydrogen) atoms. The van der Waals surface area contributed by atoms with E-state index in [9.17, 15) is 9.59 Å². The van der Waals surface area contributed by atoms with E-state index in [4.69, 9.17) is 32.5 Å². The quantitative estimate of drug-likeness (QED) is 0.623. The van der Waals surface area contributed by atoms with E-state index in [1.54, 1.807) is 37.3 Å². The summed E-state index contributed by atoms with van der Waals surface area (Å²) in [4.78, 5) is 24.0. The molecule has 1 heterocycles. The molecule has 0 saturated heterocycles. The molecule has 0 aliphatic heterocycles. The molecule has 2 aromatic carbocycles. The molecule has 0 bridgehead atoms. The minimum atomic E-state index is -0.564. The van der Waals surface area contributed by atoms with E-state index in [2.05, 4.69) is 10.5 Å². The van der Waals surface area contributed by atoms with E-state index in [0.717, 1.165) is 10.9 Å². The van der Waals surface area contributed by atoms with Gasteiger partial charge < -0.3 is 14.6 Å². The molecule has 140 valence electrons.